The van der Waals surface area contributed by atoms with Gasteiger partial charge in [0, 0.05) is 0 Å². The summed E-state index contributed by atoms with van der Waals surface area (Å²) in [6.07, 6.45) is 0.458. The summed E-state index contributed by atoms with van der Waals surface area (Å²) in [5.74, 6) is 0.855. The van der Waals surface area contributed by atoms with E-state index < -0.39 is 0 Å². The molecule has 0 unspecified atom stereocenters. The second-order valence-corrected chi connectivity index (χ2v) is 4.22. The van der Waals surface area contributed by atoms with Gasteiger partial charge in [-0.15, -0.1) is 0 Å². The number of hydrogen-bond acceptors (Lipinski definition) is 2. The number of hydrogen-bond donors (Lipinski definition) is 0. The van der Waals surface area contributed by atoms with Crippen LogP contribution in [0.5, 0.6) is 5.75 Å². The van der Waals surface area contributed by atoms with Crippen LogP contribution in [-0.4, -0.2) is 7.11 Å². The molecule has 0 aliphatic rings. The Hall–Kier alpha value is -2.27. The lowest BCUT2D eigenvalue weighted by molar-refractivity contribution is 0.415. The van der Waals surface area contributed by atoms with Crippen LogP contribution >= 0.6 is 0 Å². The Morgan fingerprint density at radius 3 is 2.67 bits per heavy atom. The van der Waals surface area contributed by atoms with Crippen LogP contribution in [-0.2, 0) is 6.42 Å². The number of methoxy groups -OCH3 is 1. The summed E-state index contributed by atoms with van der Waals surface area (Å²) in [6.45, 7) is 2.07. The van der Waals surface area contributed by atoms with Crippen molar-refractivity contribution in [2.24, 2.45) is 0 Å². The van der Waals surface area contributed by atoms with Crippen molar-refractivity contribution >= 4 is 0 Å². The number of nitriles is 1. The molecule has 90 valence electrons. The molecule has 2 heteroatoms. The summed E-state index contributed by atoms with van der Waals surface area (Å²) in [6, 6.07) is 16.3. The van der Waals surface area contributed by atoms with Crippen molar-refractivity contribution in [1.82, 2.24) is 0 Å². The van der Waals surface area contributed by atoms with Gasteiger partial charge in [0.1, 0.15) is 5.75 Å². The molecule has 18 heavy (non-hydrogen) atoms. The van der Waals surface area contributed by atoms with Gasteiger partial charge in [0.15, 0.2) is 0 Å². The molecule has 0 atom stereocenters. The van der Waals surface area contributed by atoms with Gasteiger partial charge < -0.3 is 4.74 Å². The highest BCUT2D eigenvalue weighted by atomic mass is 16.5. The van der Waals surface area contributed by atoms with Crippen molar-refractivity contribution in [2.75, 3.05) is 7.11 Å². The molecule has 0 spiro atoms. The molecule has 0 saturated carbocycles. The van der Waals surface area contributed by atoms with E-state index in [1.165, 1.54) is 11.1 Å². The molecular formula is C16H15NO. The first kappa shape index (κ1) is 12.2. The number of ether oxygens (including phenoxy) is 1. The van der Waals surface area contributed by atoms with Crippen LogP contribution in [0.15, 0.2) is 42.5 Å². The van der Waals surface area contributed by atoms with E-state index in [0.717, 1.165) is 16.9 Å². The van der Waals surface area contributed by atoms with Crippen LogP contribution in [0.4, 0.5) is 0 Å². The molecular weight excluding hydrogens is 222 g/mol. The van der Waals surface area contributed by atoms with Crippen LogP contribution in [0.1, 0.15) is 11.1 Å². The molecule has 0 amide bonds. The van der Waals surface area contributed by atoms with E-state index in [2.05, 4.69) is 31.2 Å². The van der Waals surface area contributed by atoms with Crippen molar-refractivity contribution in [3.05, 3.63) is 53.6 Å². The number of rotatable bonds is 3. The van der Waals surface area contributed by atoms with E-state index in [4.69, 9.17) is 10.00 Å². The van der Waals surface area contributed by atoms with Crippen molar-refractivity contribution < 1.29 is 4.74 Å². The van der Waals surface area contributed by atoms with Gasteiger partial charge in [-0.3, -0.25) is 0 Å². The predicted octanol–water partition coefficient (Wildman–Crippen LogP) is 3.74. The minimum Gasteiger partial charge on any atom is -0.497 e. The molecule has 0 aliphatic heterocycles. The van der Waals surface area contributed by atoms with Crippen LogP contribution < -0.4 is 4.74 Å². The SMILES string of the molecule is COc1cccc(-c2ccc(CC#N)cc2C)c1. The molecule has 0 aliphatic carbocycles. The monoisotopic (exact) mass is 237 g/mol. The van der Waals surface area contributed by atoms with Crippen molar-refractivity contribution in [1.29, 1.82) is 5.26 Å². The summed E-state index contributed by atoms with van der Waals surface area (Å²) < 4.78 is 5.24. The summed E-state index contributed by atoms with van der Waals surface area (Å²) in [5.41, 5.74) is 4.54. The molecule has 2 aromatic rings. The minimum atomic E-state index is 0.458. The predicted molar refractivity (Wildman–Crippen MR) is 72.5 cm³/mol. The zero-order valence-corrected chi connectivity index (χ0v) is 10.6. The van der Waals surface area contributed by atoms with Gasteiger partial charge in [-0.05, 0) is 41.3 Å². The Balaban J connectivity index is 2.41. The largest absolute Gasteiger partial charge is 0.497 e. The third kappa shape index (κ3) is 2.52. The molecule has 0 saturated heterocycles. The molecule has 0 heterocycles. The lowest BCUT2D eigenvalue weighted by Gasteiger charge is -2.09. The summed E-state index contributed by atoms with van der Waals surface area (Å²) >= 11 is 0. The Morgan fingerprint density at radius 1 is 1.17 bits per heavy atom. The van der Waals surface area contributed by atoms with Gasteiger partial charge in [-0.25, -0.2) is 0 Å². The van der Waals surface area contributed by atoms with Gasteiger partial charge in [-0.2, -0.15) is 5.26 Å². The zero-order chi connectivity index (χ0) is 13.0. The topological polar surface area (TPSA) is 33.0 Å². The van der Waals surface area contributed by atoms with Crippen molar-refractivity contribution in [3.8, 4) is 22.9 Å². The van der Waals surface area contributed by atoms with Crippen LogP contribution in [0.2, 0.25) is 0 Å². The number of benzene rings is 2. The van der Waals surface area contributed by atoms with Crippen LogP contribution in [0.25, 0.3) is 11.1 Å². The van der Waals surface area contributed by atoms with Crippen LogP contribution in [0.3, 0.4) is 0 Å². The first-order valence-corrected chi connectivity index (χ1v) is 5.85. The van der Waals surface area contributed by atoms with Crippen molar-refractivity contribution in [2.45, 2.75) is 13.3 Å². The molecule has 0 N–H and O–H groups in total. The van der Waals surface area contributed by atoms with Crippen LogP contribution in [0, 0.1) is 18.3 Å². The van der Waals surface area contributed by atoms with Gasteiger partial charge >= 0.3 is 0 Å². The Kier molecular flexibility index (Phi) is 3.64. The fourth-order valence-corrected chi connectivity index (χ4v) is 2.04. The quantitative estimate of drug-likeness (QED) is 0.814. The third-order valence-electron chi connectivity index (χ3n) is 2.95. The molecule has 2 nitrogen and oxygen atoms in total. The first-order chi connectivity index (χ1) is 8.74. The number of nitrogens with zero attached hydrogens (tertiary/aromatic N) is 1. The Bertz CT molecular complexity index is 596. The fraction of sp³-hybridized carbons (Fsp3) is 0.188. The molecule has 2 aromatic carbocycles. The Labute approximate surface area is 107 Å². The minimum absolute atomic E-state index is 0.458. The summed E-state index contributed by atoms with van der Waals surface area (Å²) in [7, 11) is 1.67. The normalized spacial score (nSPS) is 9.83. The first-order valence-electron chi connectivity index (χ1n) is 5.85. The van der Waals surface area contributed by atoms with E-state index in [9.17, 15) is 0 Å². The second-order valence-electron chi connectivity index (χ2n) is 4.22. The lowest BCUT2D eigenvalue weighted by Crippen LogP contribution is -1.89. The maximum Gasteiger partial charge on any atom is 0.119 e. The van der Waals surface area contributed by atoms with E-state index in [-0.39, 0.29) is 0 Å². The van der Waals surface area contributed by atoms with E-state index in [1.54, 1.807) is 7.11 Å². The smallest absolute Gasteiger partial charge is 0.119 e. The summed E-state index contributed by atoms with van der Waals surface area (Å²) in [5, 5.41) is 8.70. The standard InChI is InChI=1S/C16H15NO/c1-12-10-13(8-9-17)6-7-16(12)14-4-3-5-15(11-14)18-2/h3-7,10-11H,8H2,1-2H3. The fourth-order valence-electron chi connectivity index (χ4n) is 2.04. The maximum absolute atomic E-state index is 8.70. The van der Waals surface area contributed by atoms with Gasteiger partial charge in [-0.1, -0.05) is 30.3 Å². The second kappa shape index (κ2) is 5.37. The molecule has 0 radical (unpaired) electrons. The molecule has 0 fully saturated rings. The van der Waals surface area contributed by atoms with E-state index in [1.807, 2.05) is 24.3 Å². The highest BCUT2D eigenvalue weighted by Gasteiger charge is 2.04. The average Bonchev–Trinajstić information content (AvgIpc) is 2.39. The van der Waals surface area contributed by atoms with Crippen molar-refractivity contribution in [3.63, 3.8) is 0 Å². The average molecular weight is 237 g/mol. The van der Waals surface area contributed by atoms with Gasteiger partial charge in [0.05, 0.1) is 19.6 Å². The Morgan fingerprint density at radius 2 is 2.00 bits per heavy atom. The van der Waals surface area contributed by atoms with Gasteiger partial charge in [0.2, 0.25) is 0 Å². The third-order valence-corrected chi connectivity index (χ3v) is 2.95. The van der Waals surface area contributed by atoms with E-state index >= 15 is 0 Å². The lowest BCUT2D eigenvalue weighted by atomic mass is 9.97. The molecule has 0 bridgehead atoms. The summed E-state index contributed by atoms with van der Waals surface area (Å²) in [4.78, 5) is 0. The number of aryl methyl sites for hydroxylation is 1. The zero-order valence-electron chi connectivity index (χ0n) is 10.6. The maximum atomic E-state index is 8.70. The van der Waals surface area contributed by atoms with E-state index in [0.29, 0.717) is 6.42 Å². The highest BCUT2D eigenvalue weighted by molar-refractivity contribution is 5.69. The molecule has 0 aromatic heterocycles. The van der Waals surface area contributed by atoms with Gasteiger partial charge in [0.25, 0.3) is 0 Å². The highest BCUT2D eigenvalue weighted by Crippen LogP contribution is 2.27. The molecule has 2 rings (SSSR count).